The molecular formula is C18H23N5O3. The Morgan fingerprint density at radius 1 is 1.27 bits per heavy atom. The molecule has 0 saturated carbocycles. The number of β-amino-alcohol motifs (C(OH)–C–C–N with tert-alkyl or cyclic N) is 1. The Hall–Kier alpha value is -2.58. The number of anilines is 1. The quantitative estimate of drug-likeness (QED) is 0.639. The van der Waals surface area contributed by atoms with Crippen molar-refractivity contribution in [3.63, 3.8) is 0 Å². The van der Waals surface area contributed by atoms with Gasteiger partial charge >= 0.3 is 5.97 Å². The SMILES string of the molecule is O=C(O)c1ccnc(-c2ccnc(NCCCN3CCC[C@@H](O)C3)n2)c1. The molecule has 8 heteroatoms. The van der Waals surface area contributed by atoms with Crippen LogP contribution in [-0.2, 0) is 0 Å². The van der Waals surface area contributed by atoms with Gasteiger partial charge in [-0.1, -0.05) is 0 Å². The molecule has 0 amide bonds. The molecule has 2 aromatic heterocycles. The summed E-state index contributed by atoms with van der Waals surface area (Å²) in [6.45, 7) is 3.43. The van der Waals surface area contributed by atoms with Crippen molar-refractivity contribution < 1.29 is 15.0 Å². The third kappa shape index (κ3) is 4.96. The highest BCUT2D eigenvalue weighted by Crippen LogP contribution is 2.16. The van der Waals surface area contributed by atoms with Crippen molar-refractivity contribution in [2.24, 2.45) is 0 Å². The lowest BCUT2D eigenvalue weighted by atomic mass is 10.1. The lowest BCUT2D eigenvalue weighted by molar-refractivity contribution is 0.0695. The minimum Gasteiger partial charge on any atom is -0.478 e. The van der Waals surface area contributed by atoms with Crippen LogP contribution in [0.3, 0.4) is 0 Å². The van der Waals surface area contributed by atoms with E-state index in [0.29, 0.717) is 17.3 Å². The molecule has 3 rings (SSSR count). The predicted octanol–water partition coefficient (Wildman–Crippen LogP) is 1.50. The predicted molar refractivity (Wildman–Crippen MR) is 97.0 cm³/mol. The van der Waals surface area contributed by atoms with Crippen molar-refractivity contribution >= 4 is 11.9 Å². The van der Waals surface area contributed by atoms with Crippen molar-refractivity contribution in [3.8, 4) is 11.4 Å². The van der Waals surface area contributed by atoms with Crippen LogP contribution in [0, 0.1) is 0 Å². The molecule has 0 aliphatic carbocycles. The first-order valence-electron chi connectivity index (χ1n) is 8.79. The highest BCUT2D eigenvalue weighted by atomic mass is 16.4. The number of aliphatic hydroxyl groups is 1. The average molecular weight is 357 g/mol. The Morgan fingerprint density at radius 3 is 2.92 bits per heavy atom. The number of piperidine rings is 1. The van der Waals surface area contributed by atoms with Gasteiger partial charge in [0.25, 0.3) is 0 Å². The normalized spacial score (nSPS) is 17.8. The zero-order chi connectivity index (χ0) is 18.4. The second-order valence-corrected chi connectivity index (χ2v) is 6.38. The van der Waals surface area contributed by atoms with Crippen LogP contribution >= 0.6 is 0 Å². The summed E-state index contributed by atoms with van der Waals surface area (Å²) in [6.07, 6.45) is 5.74. The fraction of sp³-hybridized carbons (Fsp3) is 0.444. The Balaban J connectivity index is 1.54. The molecule has 2 aromatic rings. The number of nitrogens with one attached hydrogen (secondary N) is 1. The van der Waals surface area contributed by atoms with Crippen molar-refractivity contribution in [2.45, 2.75) is 25.4 Å². The number of aromatic carboxylic acids is 1. The number of aromatic nitrogens is 3. The monoisotopic (exact) mass is 357 g/mol. The molecule has 26 heavy (non-hydrogen) atoms. The summed E-state index contributed by atoms with van der Waals surface area (Å²) in [5.74, 6) is -0.507. The zero-order valence-electron chi connectivity index (χ0n) is 14.5. The molecule has 1 saturated heterocycles. The van der Waals surface area contributed by atoms with Gasteiger partial charge < -0.3 is 20.4 Å². The molecule has 3 N–H and O–H groups in total. The van der Waals surface area contributed by atoms with Crippen molar-refractivity contribution in [3.05, 3.63) is 36.2 Å². The van der Waals surface area contributed by atoms with E-state index >= 15 is 0 Å². The summed E-state index contributed by atoms with van der Waals surface area (Å²) >= 11 is 0. The largest absolute Gasteiger partial charge is 0.478 e. The highest BCUT2D eigenvalue weighted by molar-refractivity contribution is 5.88. The van der Waals surface area contributed by atoms with Crippen LogP contribution in [0.2, 0.25) is 0 Å². The molecule has 1 atom stereocenters. The maximum atomic E-state index is 11.1. The number of rotatable bonds is 7. The summed E-state index contributed by atoms with van der Waals surface area (Å²) in [5, 5.41) is 22.0. The summed E-state index contributed by atoms with van der Waals surface area (Å²) < 4.78 is 0. The van der Waals surface area contributed by atoms with E-state index in [1.54, 1.807) is 12.3 Å². The molecule has 0 bridgehead atoms. The van der Waals surface area contributed by atoms with E-state index < -0.39 is 5.97 Å². The number of carbonyl (C=O) groups is 1. The first-order valence-corrected chi connectivity index (χ1v) is 8.79. The molecule has 8 nitrogen and oxygen atoms in total. The highest BCUT2D eigenvalue weighted by Gasteiger charge is 2.16. The van der Waals surface area contributed by atoms with Crippen LogP contribution in [0.5, 0.6) is 0 Å². The number of hydrogen-bond acceptors (Lipinski definition) is 7. The van der Waals surface area contributed by atoms with Gasteiger partial charge in [-0.3, -0.25) is 4.98 Å². The van der Waals surface area contributed by atoms with E-state index in [4.69, 9.17) is 5.11 Å². The fourth-order valence-corrected chi connectivity index (χ4v) is 3.03. The standard InChI is InChI=1S/C18H23N5O3/c24-14-3-1-9-23(12-14)10-2-6-20-18-21-8-5-15(22-18)16-11-13(17(25)26)4-7-19-16/h4-5,7-8,11,14,24H,1-3,6,9-10,12H2,(H,25,26)(H,20,21,22)/t14-/m1/s1. The zero-order valence-corrected chi connectivity index (χ0v) is 14.5. The van der Waals surface area contributed by atoms with Gasteiger partial charge in [-0.25, -0.2) is 14.8 Å². The Labute approximate surface area is 151 Å². The van der Waals surface area contributed by atoms with E-state index in [9.17, 15) is 9.90 Å². The summed E-state index contributed by atoms with van der Waals surface area (Å²) in [4.78, 5) is 26.1. The third-order valence-corrected chi connectivity index (χ3v) is 4.34. The van der Waals surface area contributed by atoms with Crippen LogP contribution in [0.4, 0.5) is 5.95 Å². The van der Waals surface area contributed by atoms with Crippen LogP contribution in [0.25, 0.3) is 11.4 Å². The maximum Gasteiger partial charge on any atom is 0.335 e. The van der Waals surface area contributed by atoms with Crippen LogP contribution < -0.4 is 5.32 Å². The second kappa shape index (κ2) is 8.68. The molecule has 1 aliphatic rings. The lowest BCUT2D eigenvalue weighted by Crippen LogP contribution is -2.39. The van der Waals surface area contributed by atoms with Gasteiger partial charge in [0.15, 0.2) is 0 Å². The maximum absolute atomic E-state index is 11.1. The molecule has 0 radical (unpaired) electrons. The first-order chi connectivity index (χ1) is 12.6. The van der Waals surface area contributed by atoms with Crippen LogP contribution in [-0.4, -0.2) is 68.3 Å². The van der Waals surface area contributed by atoms with Gasteiger partial charge in [-0.15, -0.1) is 0 Å². The van der Waals surface area contributed by atoms with E-state index in [0.717, 1.165) is 45.4 Å². The Bertz CT molecular complexity index is 755. The summed E-state index contributed by atoms with van der Waals surface area (Å²) in [5.41, 5.74) is 1.24. The van der Waals surface area contributed by atoms with Gasteiger partial charge in [0, 0.05) is 25.5 Å². The second-order valence-electron chi connectivity index (χ2n) is 6.38. The number of aliphatic hydroxyl groups excluding tert-OH is 1. The topological polar surface area (TPSA) is 111 Å². The number of hydrogen-bond donors (Lipinski definition) is 3. The van der Waals surface area contributed by atoms with Gasteiger partial charge in [0.1, 0.15) is 0 Å². The van der Waals surface area contributed by atoms with Gasteiger partial charge in [0.2, 0.25) is 5.95 Å². The molecule has 1 aliphatic heterocycles. The molecule has 0 unspecified atom stereocenters. The third-order valence-electron chi connectivity index (χ3n) is 4.34. The van der Waals surface area contributed by atoms with Crippen LogP contribution in [0.15, 0.2) is 30.6 Å². The molecule has 138 valence electrons. The summed E-state index contributed by atoms with van der Waals surface area (Å²) in [7, 11) is 0. The van der Waals surface area contributed by atoms with Crippen molar-refractivity contribution in [2.75, 3.05) is 31.5 Å². The Kier molecular flexibility index (Phi) is 6.08. The summed E-state index contributed by atoms with van der Waals surface area (Å²) in [6, 6.07) is 4.65. The molecule has 3 heterocycles. The van der Waals surface area contributed by atoms with E-state index in [1.807, 2.05) is 0 Å². The van der Waals surface area contributed by atoms with E-state index in [1.165, 1.54) is 18.3 Å². The average Bonchev–Trinajstić information content (AvgIpc) is 2.66. The molecule has 1 fully saturated rings. The van der Waals surface area contributed by atoms with Gasteiger partial charge in [-0.05, 0) is 50.6 Å². The molecule has 0 spiro atoms. The van der Waals surface area contributed by atoms with Crippen molar-refractivity contribution in [1.29, 1.82) is 0 Å². The number of nitrogens with zero attached hydrogens (tertiary/aromatic N) is 4. The van der Waals surface area contributed by atoms with Crippen molar-refractivity contribution in [1.82, 2.24) is 19.9 Å². The fourth-order valence-electron chi connectivity index (χ4n) is 3.03. The number of pyridine rings is 1. The minimum atomic E-state index is -0.996. The lowest BCUT2D eigenvalue weighted by Gasteiger charge is -2.29. The smallest absolute Gasteiger partial charge is 0.335 e. The van der Waals surface area contributed by atoms with E-state index in [-0.39, 0.29) is 11.7 Å². The van der Waals surface area contributed by atoms with Gasteiger partial charge in [-0.2, -0.15) is 0 Å². The minimum absolute atomic E-state index is 0.173. The Morgan fingerprint density at radius 2 is 2.12 bits per heavy atom. The number of likely N-dealkylation sites (tertiary alicyclic amines) is 1. The first kappa shape index (κ1) is 18.2. The molecular weight excluding hydrogens is 334 g/mol. The van der Waals surface area contributed by atoms with Gasteiger partial charge in [0.05, 0.1) is 23.1 Å². The number of carboxylic acid groups (broad SMARTS) is 1. The number of carboxylic acids is 1. The molecule has 0 aromatic carbocycles. The van der Waals surface area contributed by atoms with E-state index in [2.05, 4.69) is 25.2 Å². The van der Waals surface area contributed by atoms with Crippen LogP contribution in [0.1, 0.15) is 29.6 Å².